The maximum absolute atomic E-state index is 2.56. The van der Waals surface area contributed by atoms with Crippen molar-refractivity contribution < 1.29 is 0 Å². The molecule has 0 fully saturated rings. The summed E-state index contributed by atoms with van der Waals surface area (Å²) in [7, 11) is 0. The van der Waals surface area contributed by atoms with Crippen molar-refractivity contribution in [3.63, 3.8) is 0 Å². The molecular weight excluding hydrogens is 528 g/mol. The molecule has 0 heteroatoms. The predicted octanol–water partition coefficient (Wildman–Crippen LogP) is 12.9. The van der Waals surface area contributed by atoms with E-state index in [0.29, 0.717) is 0 Å². The van der Waals surface area contributed by atoms with Crippen molar-refractivity contribution in [2.24, 2.45) is 0 Å². The topological polar surface area (TPSA) is 0 Å². The van der Waals surface area contributed by atoms with Crippen molar-refractivity contribution in [2.75, 3.05) is 0 Å². The molecule has 0 saturated heterocycles. The van der Waals surface area contributed by atoms with E-state index in [1.54, 1.807) is 11.1 Å². The Morgan fingerprint density at radius 2 is 0.705 bits per heavy atom. The molecular formula is C44H54. The van der Waals surface area contributed by atoms with Gasteiger partial charge in [-0.15, -0.1) is 0 Å². The molecule has 4 aromatic carbocycles. The molecule has 2 aliphatic carbocycles. The van der Waals surface area contributed by atoms with E-state index < -0.39 is 0 Å². The van der Waals surface area contributed by atoms with Gasteiger partial charge in [0.1, 0.15) is 0 Å². The van der Waals surface area contributed by atoms with Gasteiger partial charge in [-0.25, -0.2) is 0 Å². The quantitative estimate of drug-likeness (QED) is 0.184. The van der Waals surface area contributed by atoms with Crippen LogP contribution in [0.1, 0.15) is 141 Å². The van der Waals surface area contributed by atoms with Crippen molar-refractivity contribution in [3.05, 3.63) is 106 Å². The molecule has 0 amide bonds. The Kier molecular flexibility index (Phi) is 7.55. The molecule has 0 spiro atoms. The van der Waals surface area contributed by atoms with Crippen molar-refractivity contribution in [1.29, 1.82) is 0 Å². The van der Waals surface area contributed by atoms with Crippen LogP contribution in [0.5, 0.6) is 0 Å². The zero-order valence-corrected chi connectivity index (χ0v) is 29.2. The predicted molar refractivity (Wildman–Crippen MR) is 192 cm³/mol. The summed E-state index contributed by atoms with van der Waals surface area (Å²) in [5.41, 5.74) is 18.0. The molecule has 6 rings (SSSR count). The fraction of sp³-hybridized carbons (Fsp3) is 0.455. The van der Waals surface area contributed by atoms with Crippen molar-refractivity contribution in [2.45, 2.75) is 129 Å². The molecule has 44 heavy (non-hydrogen) atoms. The minimum absolute atomic E-state index is 0.0621. The van der Waals surface area contributed by atoms with Crippen molar-refractivity contribution in [1.82, 2.24) is 0 Å². The highest BCUT2D eigenvalue weighted by molar-refractivity contribution is 5.87. The zero-order valence-electron chi connectivity index (χ0n) is 29.2. The van der Waals surface area contributed by atoms with Gasteiger partial charge in [0.05, 0.1) is 0 Å². The fourth-order valence-corrected chi connectivity index (χ4v) is 8.62. The minimum Gasteiger partial charge on any atom is -0.0646 e. The van der Waals surface area contributed by atoms with E-state index in [4.69, 9.17) is 0 Å². The molecule has 0 aromatic heterocycles. The van der Waals surface area contributed by atoms with E-state index >= 15 is 0 Å². The van der Waals surface area contributed by atoms with E-state index in [1.807, 2.05) is 0 Å². The third kappa shape index (κ3) is 4.23. The first-order valence-electron chi connectivity index (χ1n) is 17.6. The SMILES string of the molecule is CCC(C)(C)c1ccc2c(c1)C(CC)(CC)c1cc(-c3ccc4c(c3)C(CC)(CC)c3cc(C(C)(C)CC)ccc3-4)ccc1-2. The molecule has 0 N–H and O–H groups in total. The molecule has 0 unspecified atom stereocenters. The van der Waals surface area contributed by atoms with Gasteiger partial charge in [-0.2, -0.15) is 0 Å². The van der Waals surface area contributed by atoms with Crippen LogP contribution >= 0.6 is 0 Å². The highest BCUT2D eigenvalue weighted by atomic mass is 14.5. The third-order valence-corrected chi connectivity index (χ3v) is 12.8. The summed E-state index contributed by atoms with van der Waals surface area (Å²) in [5.74, 6) is 0. The van der Waals surface area contributed by atoms with Crippen molar-refractivity contribution >= 4 is 0 Å². The Labute approximate surface area is 268 Å². The van der Waals surface area contributed by atoms with Crippen LogP contribution in [0.15, 0.2) is 72.8 Å². The van der Waals surface area contributed by atoms with Gasteiger partial charge in [-0.05, 0) is 128 Å². The molecule has 0 atom stereocenters. The Morgan fingerprint density at radius 1 is 0.409 bits per heavy atom. The highest BCUT2D eigenvalue weighted by Gasteiger charge is 2.43. The zero-order chi connectivity index (χ0) is 31.7. The van der Waals surface area contributed by atoms with Gasteiger partial charge in [-0.3, -0.25) is 0 Å². The number of benzene rings is 4. The summed E-state index contributed by atoms with van der Waals surface area (Å²) in [6, 6.07) is 29.5. The standard InChI is InChI=1S/C44H54/c1-11-41(7,8)31-19-23-35-33-21-17-29(25-37(33)43(13-3,14-4)39(35)27-31)30-18-22-34-36-24-20-32(42(9,10)12-2)28-40(36)44(15-5,16-6)38(34)26-30/h17-28H,11-16H2,1-10H3. The van der Waals surface area contributed by atoms with E-state index in [-0.39, 0.29) is 21.7 Å². The average Bonchev–Trinajstić information content (AvgIpc) is 3.50. The van der Waals surface area contributed by atoms with E-state index in [0.717, 1.165) is 38.5 Å². The normalized spacial score (nSPS) is 16.0. The lowest BCUT2D eigenvalue weighted by molar-refractivity contribution is 0.480. The first-order valence-corrected chi connectivity index (χ1v) is 17.6. The molecule has 0 aliphatic heterocycles. The van der Waals surface area contributed by atoms with Crippen LogP contribution in [0.4, 0.5) is 0 Å². The van der Waals surface area contributed by atoms with Gasteiger partial charge in [0, 0.05) is 10.8 Å². The van der Waals surface area contributed by atoms with Gasteiger partial charge >= 0.3 is 0 Å². The summed E-state index contributed by atoms with van der Waals surface area (Å²) in [5, 5.41) is 0. The third-order valence-electron chi connectivity index (χ3n) is 12.8. The largest absolute Gasteiger partial charge is 0.0646 e. The number of hydrogen-bond donors (Lipinski definition) is 0. The second-order valence-corrected chi connectivity index (χ2v) is 15.1. The van der Waals surface area contributed by atoms with Gasteiger partial charge in [0.15, 0.2) is 0 Å². The maximum atomic E-state index is 2.56. The summed E-state index contributed by atoms with van der Waals surface area (Å²) in [6.07, 6.45) is 6.76. The van der Waals surface area contributed by atoms with E-state index in [2.05, 4.69) is 142 Å². The molecule has 0 bridgehead atoms. The molecule has 4 aromatic rings. The lowest BCUT2D eigenvalue weighted by Gasteiger charge is -2.32. The highest BCUT2D eigenvalue weighted by Crippen LogP contribution is 2.56. The summed E-state index contributed by atoms with van der Waals surface area (Å²) in [6.45, 7) is 23.7. The van der Waals surface area contributed by atoms with Crippen LogP contribution in [0.3, 0.4) is 0 Å². The number of fused-ring (bicyclic) bond motifs is 6. The second kappa shape index (κ2) is 10.8. The Morgan fingerprint density at radius 3 is 1.00 bits per heavy atom. The Balaban J connectivity index is 1.48. The first kappa shape index (κ1) is 30.9. The summed E-state index contributed by atoms with van der Waals surface area (Å²) >= 11 is 0. The number of rotatable bonds is 9. The fourth-order valence-electron chi connectivity index (χ4n) is 8.62. The molecule has 230 valence electrons. The van der Waals surface area contributed by atoms with Gasteiger partial charge in [0.2, 0.25) is 0 Å². The Bertz CT molecular complexity index is 1590. The average molecular weight is 583 g/mol. The monoisotopic (exact) mass is 582 g/mol. The molecule has 0 saturated carbocycles. The number of hydrogen-bond acceptors (Lipinski definition) is 0. The lowest BCUT2D eigenvalue weighted by Crippen LogP contribution is -2.25. The first-order chi connectivity index (χ1) is 21.0. The maximum Gasteiger partial charge on any atom is 0.0210 e. The Hall–Kier alpha value is -3.12. The van der Waals surface area contributed by atoms with Crippen LogP contribution < -0.4 is 0 Å². The van der Waals surface area contributed by atoms with Crippen LogP contribution in [-0.4, -0.2) is 0 Å². The second-order valence-electron chi connectivity index (χ2n) is 15.1. The minimum atomic E-state index is 0.0621. The summed E-state index contributed by atoms with van der Waals surface area (Å²) < 4.78 is 0. The van der Waals surface area contributed by atoms with Gasteiger partial charge in [-0.1, -0.05) is 130 Å². The van der Waals surface area contributed by atoms with Crippen LogP contribution in [0.25, 0.3) is 33.4 Å². The van der Waals surface area contributed by atoms with Gasteiger partial charge in [0.25, 0.3) is 0 Å². The molecule has 0 nitrogen and oxygen atoms in total. The molecule has 0 radical (unpaired) electrons. The van der Waals surface area contributed by atoms with E-state index in [1.165, 1.54) is 55.6 Å². The summed E-state index contributed by atoms with van der Waals surface area (Å²) in [4.78, 5) is 0. The van der Waals surface area contributed by atoms with E-state index in [9.17, 15) is 0 Å². The van der Waals surface area contributed by atoms with Gasteiger partial charge < -0.3 is 0 Å². The smallest absolute Gasteiger partial charge is 0.0210 e. The molecule has 2 aliphatic rings. The van der Waals surface area contributed by atoms with Crippen LogP contribution in [0, 0.1) is 0 Å². The van der Waals surface area contributed by atoms with Crippen molar-refractivity contribution in [3.8, 4) is 33.4 Å². The van der Waals surface area contributed by atoms with Crippen LogP contribution in [0.2, 0.25) is 0 Å². The van der Waals surface area contributed by atoms with Crippen LogP contribution in [-0.2, 0) is 21.7 Å². The lowest BCUT2D eigenvalue weighted by atomic mass is 9.71. The molecule has 0 heterocycles.